The van der Waals surface area contributed by atoms with Crippen LogP contribution in [0.4, 0.5) is 28.6 Å². The zero-order valence-electron chi connectivity index (χ0n) is 17.7. The molecule has 0 amide bonds. The van der Waals surface area contributed by atoms with Crippen LogP contribution in [0.5, 0.6) is 0 Å². The van der Waals surface area contributed by atoms with Gasteiger partial charge in [-0.05, 0) is 31.3 Å². The topological polar surface area (TPSA) is 83.0 Å². The van der Waals surface area contributed by atoms with E-state index in [1.165, 1.54) is 6.07 Å². The molecule has 0 unspecified atom stereocenters. The van der Waals surface area contributed by atoms with E-state index in [0.717, 1.165) is 37.6 Å². The van der Waals surface area contributed by atoms with Gasteiger partial charge >= 0.3 is 0 Å². The third kappa shape index (κ3) is 3.52. The van der Waals surface area contributed by atoms with E-state index >= 15 is 0 Å². The van der Waals surface area contributed by atoms with Crippen molar-refractivity contribution in [2.24, 2.45) is 0 Å². The molecule has 3 heterocycles. The van der Waals surface area contributed by atoms with Crippen molar-refractivity contribution in [3.8, 4) is 0 Å². The van der Waals surface area contributed by atoms with Crippen LogP contribution in [-0.2, 0) is 0 Å². The lowest BCUT2D eigenvalue weighted by atomic mass is 10.1. The molecule has 1 aliphatic rings. The highest BCUT2D eigenvalue weighted by Crippen LogP contribution is 2.43. The minimum Gasteiger partial charge on any atom is -0.367 e. The molecule has 1 saturated heterocycles. The molecule has 5 rings (SSSR count). The summed E-state index contributed by atoms with van der Waals surface area (Å²) in [7, 11) is 2.12. The number of benzene rings is 2. The Morgan fingerprint density at radius 1 is 0.906 bits per heavy atom. The van der Waals surface area contributed by atoms with Crippen LogP contribution >= 0.6 is 0 Å². The van der Waals surface area contributed by atoms with Gasteiger partial charge in [-0.15, -0.1) is 0 Å². The minimum atomic E-state index is -0.345. The standard InChI is InChI=1S/C23H23N7O2/c1-26-14-16-27(17-15-26)18-6-2-3-7-19(18)28(20-8-4-5-9-21(20)30(31)32)23-11-12-24-22-10-13-25-29(22)23/h2-13H,14-17H2,1H3. The predicted octanol–water partition coefficient (Wildman–Crippen LogP) is 3.86. The molecule has 4 aromatic rings. The molecular weight excluding hydrogens is 406 g/mol. The lowest BCUT2D eigenvalue weighted by molar-refractivity contribution is -0.384. The Bertz CT molecular complexity index is 1260. The highest BCUT2D eigenvalue weighted by atomic mass is 16.6. The summed E-state index contributed by atoms with van der Waals surface area (Å²) < 4.78 is 1.71. The van der Waals surface area contributed by atoms with Gasteiger partial charge in [0.05, 0.1) is 22.5 Å². The summed E-state index contributed by atoms with van der Waals surface area (Å²) in [4.78, 5) is 22.5. The van der Waals surface area contributed by atoms with Crippen LogP contribution in [0.25, 0.3) is 5.65 Å². The number of piperazine rings is 1. The van der Waals surface area contributed by atoms with E-state index in [1.54, 1.807) is 29.0 Å². The molecular formula is C23H23N7O2. The smallest absolute Gasteiger partial charge is 0.293 e. The molecule has 2 aromatic heterocycles. The molecule has 162 valence electrons. The average Bonchev–Trinajstić information content (AvgIpc) is 3.30. The molecule has 0 radical (unpaired) electrons. The number of likely N-dealkylation sites (N-methyl/N-ethyl adjacent to an activating group) is 1. The number of nitro benzene ring substituents is 1. The number of rotatable bonds is 5. The van der Waals surface area contributed by atoms with Gasteiger partial charge in [0, 0.05) is 44.5 Å². The Labute approximate surface area is 185 Å². The first-order valence-electron chi connectivity index (χ1n) is 10.5. The van der Waals surface area contributed by atoms with Crippen molar-refractivity contribution in [2.45, 2.75) is 0 Å². The Balaban J connectivity index is 1.74. The Kier molecular flexibility index (Phi) is 5.16. The molecule has 0 atom stereocenters. The summed E-state index contributed by atoms with van der Waals surface area (Å²) in [5.41, 5.74) is 3.05. The van der Waals surface area contributed by atoms with Crippen molar-refractivity contribution in [2.75, 3.05) is 43.0 Å². The monoisotopic (exact) mass is 429 g/mol. The summed E-state index contributed by atoms with van der Waals surface area (Å²) in [5, 5.41) is 16.4. The van der Waals surface area contributed by atoms with Gasteiger partial charge in [-0.2, -0.15) is 9.61 Å². The van der Waals surface area contributed by atoms with Gasteiger partial charge in [0.25, 0.3) is 5.69 Å². The first kappa shape index (κ1) is 20.0. The van der Waals surface area contributed by atoms with Crippen molar-refractivity contribution in [3.63, 3.8) is 0 Å². The first-order chi connectivity index (χ1) is 15.6. The third-order valence-corrected chi connectivity index (χ3v) is 5.79. The maximum Gasteiger partial charge on any atom is 0.293 e. The number of hydrogen-bond donors (Lipinski definition) is 0. The molecule has 0 N–H and O–H groups in total. The molecule has 1 fully saturated rings. The number of fused-ring (bicyclic) bond motifs is 1. The van der Waals surface area contributed by atoms with Gasteiger partial charge in [-0.3, -0.25) is 15.0 Å². The van der Waals surface area contributed by atoms with E-state index in [0.29, 0.717) is 17.2 Å². The van der Waals surface area contributed by atoms with Crippen molar-refractivity contribution < 1.29 is 4.92 Å². The fourth-order valence-corrected chi connectivity index (χ4v) is 4.14. The summed E-state index contributed by atoms with van der Waals surface area (Å²) in [6, 6.07) is 18.5. The van der Waals surface area contributed by atoms with Gasteiger partial charge < -0.3 is 9.80 Å². The van der Waals surface area contributed by atoms with Crippen LogP contribution in [-0.4, -0.2) is 57.6 Å². The third-order valence-electron chi connectivity index (χ3n) is 5.79. The van der Waals surface area contributed by atoms with E-state index in [-0.39, 0.29) is 10.6 Å². The normalized spacial score (nSPS) is 14.6. The summed E-state index contributed by atoms with van der Waals surface area (Å²) in [6.07, 6.45) is 3.38. The molecule has 0 aliphatic carbocycles. The van der Waals surface area contributed by atoms with Gasteiger partial charge in [0.1, 0.15) is 11.5 Å². The fraction of sp³-hybridized carbons (Fsp3) is 0.217. The highest BCUT2D eigenvalue weighted by molar-refractivity contribution is 5.87. The number of anilines is 4. The summed E-state index contributed by atoms with van der Waals surface area (Å²) in [6.45, 7) is 3.68. The van der Waals surface area contributed by atoms with Crippen molar-refractivity contribution >= 4 is 34.2 Å². The molecule has 0 saturated carbocycles. The predicted molar refractivity (Wildman–Crippen MR) is 124 cm³/mol. The number of hydrogen-bond acceptors (Lipinski definition) is 7. The number of aromatic nitrogens is 3. The van der Waals surface area contributed by atoms with E-state index in [1.807, 2.05) is 41.3 Å². The van der Waals surface area contributed by atoms with Gasteiger partial charge in [-0.25, -0.2) is 4.98 Å². The number of para-hydroxylation sites is 4. The van der Waals surface area contributed by atoms with E-state index < -0.39 is 0 Å². The summed E-state index contributed by atoms with van der Waals surface area (Å²) >= 11 is 0. The van der Waals surface area contributed by atoms with Gasteiger partial charge in [-0.1, -0.05) is 24.3 Å². The van der Waals surface area contributed by atoms with Crippen molar-refractivity contribution in [1.82, 2.24) is 19.5 Å². The first-order valence-corrected chi connectivity index (χ1v) is 10.5. The number of nitro groups is 1. The molecule has 0 bridgehead atoms. The van der Waals surface area contributed by atoms with Crippen LogP contribution in [0.2, 0.25) is 0 Å². The molecule has 32 heavy (non-hydrogen) atoms. The van der Waals surface area contributed by atoms with Crippen molar-refractivity contribution in [3.05, 3.63) is 83.2 Å². The lowest BCUT2D eigenvalue weighted by Gasteiger charge is -2.37. The Hall–Kier alpha value is -3.98. The lowest BCUT2D eigenvalue weighted by Crippen LogP contribution is -2.44. The minimum absolute atomic E-state index is 0.0257. The van der Waals surface area contributed by atoms with E-state index in [9.17, 15) is 10.1 Å². The van der Waals surface area contributed by atoms with E-state index in [4.69, 9.17) is 0 Å². The maximum absolute atomic E-state index is 12.0. The fourth-order valence-electron chi connectivity index (χ4n) is 4.14. The molecule has 9 nitrogen and oxygen atoms in total. The molecule has 1 aliphatic heterocycles. The SMILES string of the molecule is CN1CCN(c2ccccc2N(c2ccccc2[N+](=O)[O-])c2ccnc3ccnn23)CC1. The highest BCUT2D eigenvalue weighted by Gasteiger charge is 2.27. The zero-order valence-corrected chi connectivity index (χ0v) is 17.7. The molecule has 2 aromatic carbocycles. The van der Waals surface area contributed by atoms with E-state index in [2.05, 4.69) is 33.0 Å². The van der Waals surface area contributed by atoms with Crippen LogP contribution in [0, 0.1) is 10.1 Å². The zero-order chi connectivity index (χ0) is 22.1. The quantitative estimate of drug-likeness (QED) is 0.352. The van der Waals surface area contributed by atoms with Crippen LogP contribution in [0.15, 0.2) is 73.1 Å². The van der Waals surface area contributed by atoms with Crippen LogP contribution in [0.1, 0.15) is 0 Å². The second kappa shape index (κ2) is 8.27. The largest absolute Gasteiger partial charge is 0.367 e. The Morgan fingerprint density at radius 2 is 1.62 bits per heavy atom. The summed E-state index contributed by atoms with van der Waals surface area (Å²) in [5.74, 6) is 0.677. The van der Waals surface area contributed by atoms with Gasteiger partial charge in [0.2, 0.25) is 0 Å². The molecule has 9 heteroatoms. The van der Waals surface area contributed by atoms with Gasteiger partial charge in [0.15, 0.2) is 5.65 Å². The second-order valence-corrected chi connectivity index (χ2v) is 7.76. The van der Waals surface area contributed by atoms with Crippen LogP contribution in [0.3, 0.4) is 0 Å². The average molecular weight is 429 g/mol. The Morgan fingerprint density at radius 3 is 2.41 bits per heavy atom. The number of nitrogens with zero attached hydrogens (tertiary/aromatic N) is 7. The maximum atomic E-state index is 12.0. The molecule has 0 spiro atoms. The van der Waals surface area contributed by atoms with Crippen LogP contribution < -0.4 is 9.80 Å². The second-order valence-electron chi connectivity index (χ2n) is 7.76. The van der Waals surface area contributed by atoms with Crippen molar-refractivity contribution in [1.29, 1.82) is 0 Å².